The summed E-state index contributed by atoms with van der Waals surface area (Å²) < 4.78 is 82.3. The molecule has 0 radical (unpaired) electrons. The number of halogens is 8. The summed E-state index contributed by atoms with van der Waals surface area (Å²) in [4.78, 5) is 7.58. The Hall–Kier alpha value is -1.16. The Balaban J connectivity index is 2.53. The molecule has 10 heteroatoms. The highest BCUT2D eigenvalue weighted by molar-refractivity contribution is 9.10. The molecule has 0 aliphatic heterocycles. The lowest BCUT2D eigenvalue weighted by Crippen LogP contribution is -2.53. The molecule has 2 heterocycles. The summed E-state index contributed by atoms with van der Waals surface area (Å²) in [6.45, 7) is 0. The lowest BCUT2D eigenvalue weighted by Gasteiger charge is -2.35. The molecule has 0 fully saturated rings. The third kappa shape index (κ3) is 2.14. The number of hydrogen-bond donors (Lipinski definition) is 0. The molecule has 0 bridgehead atoms. The van der Waals surface area contributed by atoms with Crippen LogP contribution >= 0.6 is 31.9 Å². The zero-order valence-corrected chi connectivity index (χ0v) is 13.9. The summed E-state index contributed by atoms with van der Waals surface area (Å²) in [6.07, 6.45) is -11.2. The highest BCUT2D eigenvalue weighted by Gasteiger charge is 2.76. The van der Waals surface area contributed by atoms with E-state index in [4.69, 9.17) is 0 Å². The van der Waals surface area contributed by atoms with Gasteiger partial charge in [-0.05, 0) is 44.0 Å². The first-order chi connectivity index (χ1) is 10.5. The first kappa shape index (κ1) is 16.7. The smallest absolute Gasteiger partial charge is 0.239 e. The van der Waals surface area contributed by atoms with E-state index in [2.05, 4.69) is 41.8 Å². The molecule has 0 spiro atoms. The van der Waals surface area contributed by atoms with Crippen LogP contribution in [0.1, 0.15) is 11.1 Å². The summed E-state index contributed by atoms with van der Waals surface area (Å²) >= 11 is 5.92. The topological polar surface area (TPSA) is 25.8 Å². The number of alkyl halides is 6. The van der Waals surface area contributed by atoms with Crippen LogP contribution in [0.25, 0.3) is 11.4 Å². The second kappa shape index (κ2) is 4.92. The van der Waals surface area contributed by atoms with Crippen molar-refractivity contribution in [1.82, 2.24) is 9.97 Å². The fourth-order valence-corrected chi connectivity index (χ4v) is 3.37. The summed E-state index contributed by atoms with van der Waals surface area (Å²) in [6, 6.07) is 3.66. The zero-order valence-electron chi connectivity index (χ0n) is 10.7. The predicted octanol–water partition coefficient (Wildman–Crippen LogP) is 5.39. The molecule has 0 N–H and O–H groups in total. The minimum Gasteiger partial charge on any atom is -0.239 e. The average molecular weight is 462 g/mol. The van der Waals surface area contributed by atoms with Gasteiger partial charge in [0.15, 0.2) is 0 Å². The van der Waals surface area contributed by atoms with E-state index in [0.717, 1.165) is 24.3 Å². The maximum Gasteiger partial charge on any atom is 0.411 e. The van der Waals surface area contributed by atoms with E-state index < -0.39 is 40.3 Å². The Labute approximate surface area is 142 Å². The van der Waals surface area contributed by atoms with Crippen molar-refractivity contribution >= 4 is 31.9 Å². The maximum atomic E-state index is 13.7. The van der Waals surface area contributed by atoms with Gasteiger partial charge in [-0.3, -0.25) is 0 Å². The number of fused-ring (bicyclic) bond motifs is 3. The number of rotatable bonds is 0. The van der Waals surface area contributed by atoms with Crippen LogP contribution in [-0.4, -0.2) is 22.3 Å². The van der Waals surface area contributed by atoms with E-state index in [1.165, 1.54) is 0 Å². The number of nitrogens with zero attached hydrogens (tertiary/aromatic N) is 2. The van der Waals surface area contributed by atoms with E-state index in [-0.39, 0.29) is 9.21 Å². The van der Waals surface area contributed by atoms with E-state index in [1.54, 1.807) is 0 Å². The fourth-order valence-electron chi connectivity index (χ4n) is 2.75. The van der Waals surface area contributed by atoms with Gasteiger partial charge in [0.1, 0.15) is 9.21 Å². The molecule has 0 amide bonds. The quantitative estimate of drug-likeness (QED) is 0.388. The summed E-state index contributed by atoms with van der Waals surface area (Å²) in [5, 5.41) is 0. The second-order valence-electron chi connectivity index (χ2n) is 4.81. The largest absolute Gasteiger partial charge is 0.411 e. The van der Waals surface area contributed by atoms with Gasteiger partial charge in [-0.15, -0.1) is 0 Å². The van der Waals surface area contributed by atoms with Crippen LogP contribution < -0.4 is 0 Å². The molecule has 23 heavy (non-hydrogen) atoms. The van der Waals surface area contributed by atoms with Gasteiger partial charge in [-0.1, -0.05) is 12.1 Å². The Morgan fingerprint density at radius 1 is 0.696 bits per heavy atom. The third-order valence-corrected chi connectivity index (χ3v) is 4.49. The van der Waals surface area contributed by atoms with Crippen LogP contribution in [0.3, 0.4) is 0 Å². The first-order valence-corrected chi connectivity index (χ1v) is 7.56. The minimum atomic E-state index is -5.60. The second-order valence-corrected chi connectivity index (χ2v) is 6.43. The van der Waals surface area contributed by atoms with Crippen molar-refractivity contribution in [2.75, 3.05) is 0 Å². The zero-order chi connectivity index (χ0) is 17.2. The van der Waals surface area contributed by atoms with Crippen LogP contribution in [0, 0.1) is 0 Å². The molecule has 122 valence electrons. The van der Waals surface area contributed by atoms with Crippen molar-refractivity contribution in [3.05, 3.63) is 44.6 Å². The van der Waals surface area contributed by atoms with Crippen molar-refractivity contribution in [2.24, 2.45) is 0 Å². The Bertz CT molecular complexity index is 733. The van der Waals surface area contributed by atoms with E-state index >= 15 is 0 Å². The Morgan fingerprint density at radius 2 is 1.04 bits per heavy atom. The van der Waals surface area contributed by atoms with Gasteiger partial charge in [-0.2, -0.15) is 26.3 Å². The minimum absolute atomic E-state index is 0.115. The van der Waals surface area contributed by atoms with Crippen molar-refractivity contribution in [2.45, 2.75) is 17.8 Å². The first-order valence-electron chi connectivity index (χ1n) is 5.98. The van der Waals surface area contributed by atoms with Crippen molar-refractivity contribution in [3.63, 3.8) is 0 Å². The molecule has 3 rings (SSSR count). The maximum absolute atomic E-state index is 13.7. The highest BCUT2D eigenvalue weighted by Crippen LogP contribution is 2.62. The van der Waals surface area contributed by atoms with Gasteiger partial charge in [0.2, 0.25) is 5.41 Å². The molecule has 1 aliphatic carbocycles. The molecule has 0 saturated heterocycles. The van der Waals surface area contributed by atoms with E-state index in [9.17, 15) is 26.3 Å². The van der Waals surface area contributed by atoms with Gasteiger partial charge in [-0.25, -0.2) is 9.97 Å². The Kier molecular flexibility index (Phi) is 3.57. The standard InChI is InChI=1S/C13H4Br2F6N2/c14-7-3-1-5-9(22-7)10-6(2-4-8(15)23-10)11(5,12(16,17)18)13(19,20)21/h1-4H. The van der Waals surface area contributed by atoms with Crippen molar-refractivity contribution in [3.8, 4) is 11.4 Å². The van der Waals surface area contributed by atoms with E-state index in [1.807, 2.05) is 0 Å². The molecule has 2 aromatic rings. The lowest BCUT2D eigenvalue weighted by atomic mass is 9.77. The van der Waals surface area contributed by atoms with Crippen LogP contribution in [0.2, 0.25) is 0 Å². The highest BCUT2D eigenvalue weighted by atomic mass is 79.9. The van der Waals surface area contributed by atoms with Gasteiger partial charge in [0.25, 0.3) is 0 Å². The normalized spacial score (nSPS) is 16.2. The summed E-state index contributed by atoms with van der Waals surface area (Å²) in [7, 11) is 0. The van der Waals surface area contributed by atoms with Crippen LogP contribution in [-0.2, 0) is 5.41 Å². The number of hydrogen-bond acceptors (Lipinski definition) is 2. The molecular formula is C13H4Br2F6N2. The van der Waals surface area contributed by atoms with Crippen LogP contribution in [0.4, 0.5) is 26.3 Å². The number of aromatic nitrogens is 2. The molecule has 2 nitrogen and oxygen atoms in total. The predicted molar refractivity (Wildman–Crippen MR) is 75.8 cm³/mol. The molecule has 2 aromatic heterocycles. The molecule has 0 unspecified atom stereocenters. The molecule has 0 atom stereocenters. The molecular weight excluding hydrogens is 458 g/mol. The van der Waals surface area contributed by atoms with Gasteiger partial charge >= 0.3 is 12.4 Å². The van der Waals surface area contributed by atoms with Crippen LogP contribution in [0.15, 0.2) is 33.5 Å². The van der Waals surface area contributed by atoms with Crippen molar-refractivity contribution < 1.29 is 26.3 Å². The molecule has 0 saturated carbocycles. The monoisotopic (exact) mass is 460 g/mol. The van der Waals surface area contributed by atoms with Gasteiger partial charge in [0.05, 0.1) is 11.4 Å². The van der Waals surface area contributed by atoms with Gasteiger partial charge in [0, 0.05) is 11.1 Å². The van der Waals surface area contributed by atoms with Gasteiger partial charge < -0.3 is 0 Å². The number of pyridine rings is 2. The van der Waals surface area contributed by atoms with E-state index in [0.29, 0.717) is 0 Å². The summed E-state index contributed by atoms with van der Waals surface area (Å²) in [5.41, 5.74) is -6.97. The SMILES string of the molecule is FC(F)(F)C1(C(F)(F)F)c2ccc(Br)nc2-c2nc(Br)ccc21. The molecule has 0 aromatic carbocycles. The molecule has 1 aliphatic rings. The average Bonchev–Trinajstić information content (AvgIpc) is 2.68. The third-order valence-electron chi connectivity index (χ3n) is 3.61. The lowest BCUT2D eigenvalue weighted by molar-refractivity contribution is -0.287. The Morgan fingerprint density at radius 3 is 1.35 bits per heavy atom. The van der Waals surface area contributed by atoms with Crippen molar-refractivity contribution in [1.29, 1.82) is 0 Å². The summed E-state index contributed by atoms with van der Waals surface area (Å²) in [5.74, 6) is 0. The van der Waals surface area contributed by atoms with Crippen LogP contribution in [0.5, 0.6) is 0 Å². The fraction of sp³-hybridized carbons (Fsp3) is 0.231.